The minimum Gasteiger partial charge on any atom is -0.449 e. The van der Waals surface area contributed by atoms with E-state index in [1.54, 1.807) is 23.1 Å². The molecule has 46 heavy (non-hydrogen) atoms. The van der Waals surface area contributed by atoms with Crippen molar-refractivity contribution >= 4 is 59.7 Å². The quantitative estimate of drug-likeness (QED) is 0.125. The zero-order valence-corrected chi connectivity index (χ0v) is 28.9. The summed E-state index contributed by atoms with van der Waals surface area (Å²) >= 11 is 6.87. The topological polar surface area (TPSA) is 154 Å². The molecular weight excluding hydrogens is 626 g/mol. The van der Waals surface area contributed by atoms with E-state index in [2.05, 4.69) is 45.3 Å². The Morgan fingerprint density at radius 3 is 2.76 bits per heavy atom. The summed E-state index contributed by atoms with van der Waals surface area (Å²) in [5.74, 6) is -0.413. The maximum absolute atomic E-state index is 13.9. The third-order valence-electron chi connectivity index (χ3n) is 7.95. The molecular formula is C31H44ClN9O4Si. The van der Waals surface area contributed by atoms with Crippen molar-refractivity contribution in [1.82, 2.24) is 29.7 Å². The van der Waals surface area contributed by atoms with Crippen LogP contribution in [0.15, 0.2) is 30.7 Å². The zero-order chi connectivity index (χ0) is 33.0. The molecule has 4 N–H and O–H groups in total. The number of nitrogens with two attached hydrogens (primary N) is 1. The smallest absolute Gasteiger partial charge is 0.412 e. The number of carbonyl (C=O) groups excluding carboxylic acids is 2. The normalized spacial score (nSPS) is 15.9. The lowest BCUT2D eigenvalue weighted by atomic mass is 10.0. The molecule has 2 amide bonds. The second-order valence-electron chi connectivity index (χ2n) is 13.0. The highest BCUT2D eigenvalue weighted by molar-refractivity contribution is 6.76. The average Bonchev–Trinajstić information content (AvgIpc) is 3.71. The molecule has 248 valence electrons. The molecule has 0 saturated carbocycles. The van der Waals surface area contributed by atoms with E-state index in [1.165, 1.54) is 4.52 Å². The number of hydrogen-bond acceptors (Lipinski definition) is 9. The first-order valence-corrected chi connectivity index (χ1v) is 19.9. The predicted molar refractivity (Wildman–Crippen MR) is 182 cm³/mol. The number of anilines is 2. The summed E-state index contributed by atoms with van der Waals surface area (Å²) in [7, 11) is -1.22. The van der Waals surface area contributed by atoms with Crippen LogP contribution in [0.1, 0.15) is 55.1 Å². The van der Waals surface area contributed by atoms with Gasteiger partial charge in [0.2, 0.25) is 0 Å². The minimum atomic E-state index is -1.22. The van der Waals surface area contributed by atoms with E-state index < -0.39 is 26.1 Å². The maximum Gasteiger partial charge on any atom is 0.412 e. The van der Waals surface area contributed by atoms with Gasteiger partial charge in [0, 0.05) is 63.4 Å². The first-order valence-electron chi connectivity index (χ1n) is 15.8. The van der Waals surface area contributed by atoms with Crippen molar-refractivity contribution in [3.05, 3.63) is 46.9 Å². The summed E-state index contributed by atoms with van der Waals surface area (Å²) in [6.07, 6.45) is 6.88. The number of aromatic nitrogens is 5. The van der Waals surface area contributed by atoms with Crippen LogP contribution >= 0.6 is 11.6 Å². The number of ether oxygens (including phenoxy) is 2. The maximum atomic E-state index is 13.9. The van der Waals surface area contributed by atoms with Crippen molar-refractivity contribution in [2.45, 2.75) is 77.6 Å². The summed E-state index contributed by atoms with van der Waals surface area (Å²) in [6.45, 7) is 13.5. The number of carbonyl (C=O) groups is 2. The second-order valence-corrected chi connectivity index (χ2v) is 19.0. The molecule has 1 fully saturated rings. The molecule has 0 spiro atoms. The number of unbranched alkanes of at least 4 members (excludes halogenated alkanes) is 1. The third kappa shape index (κ3) is 7.80. The number of amides is 2. The van der Waals surface area contributed by atoms with Crippen molar-refractivity contribution in [1.29, 1.82) is 0 Å². The Hall–Kier alpha value is -3.72. The van der Waals surface area contributed by atoms with Crippen LogP contribution in [0.4, 0.5) is 16.3 Å². The number of hydrogen-bond donors (Lipinski definition) is 3. The van der Waals surface area contributed by atoms with Crippen molar-refractivity contribution < 1.29 is 19.1 Å². The Morgan fingerprint density at radius 2 is 2.04 bits per heavy atom. The second kappa shape index (κ2) is 14.4. The number of nitrogens with one attached hydrogen (secondary N) is 2. The van der Waals surface area contributed by atoms with Crippen LogP contribution in [-0.2, 0) is 16.2 Å². The molecule has 1 aliphatic rings. The average molecular weight is 670 g/mol. The van der Waals surface area contributed by atoms with Crippen molar-refractivity contribution in [3.63, 3.8) is 0 Å². The van der Waals surface area contributed by atoms with Crippen LogP contribution in [0.25, 0.3) is 16.6 Å². The lowest BCUT2D eigenvalue weighted by Gasteiger charge is -2.26. The molecule has 1 saturated heterocycles. The van der Waals surface area contributed by atoms with Crippen LogP contribution in [-0.4, -0.2) is 76.8 Å². The summed E-state index contributed by atoms with van der Waals surface area (Å²) in [5, 5.41) is 16.3. The monoisotopic (exact) mass is 669 g/mol. The van der Waals surface area contributed by atoms with Gasteiger partial charge in [0.25, 0.3) is 5.91 Å². The van der Waals surface area contributed by atoms with E-state index in [0.717, 1.165) is 54.0 Å². The summed E-state index contributed by atoms with van der Waals surface area (Å²) in [6, 6.07) is 4.14. The third-order valence-corrected chi connectivity index (χ3v) is 9.96. The van der Waals surface area contributed by atoms with E-state index >= 15 is 0 Å². The van der Waals surface area contributed by atoms with Crippen molar-refractivity contribution in [2.24, 2.45) is 5.73 Å². The Bertz CT molecular complexity index is 1700. The Morgan fingerprint density at radius 1 is 1.24 bits per heavy atom. The fraction of sp³-hybridized carbons (Fsp3) is 0.516. The van der Waals surface area contributed by atoms with Gasteiger partial charge in [-0.05, 0) is 37.9 Å². The molecule has 5 rings (SSSR count). The number of rotatable bonds is 13. The largest absolute Gasteiger partial charge is 0.449 e. The SMILES string of the molecule is CCCCOC(=O)Nc1nn2cccnc2c1C(=O)NC(C)c1cc(Cl)c2cn(COCC[Si](C)(C)C)nc2c1N1CC[C@H](N)C1. The molecule has 13 nitrogen and oxygen atoms in total. The van der Waals surface area contributed by atoms with Gasteiger partial charge in [-0.1, -0.05) is 44.6 Å². The van der Waals surface area contributed by atoms with Gasteiger partial charge in [0.1, 0.15) is 17.8 Å². The van der Waals surface area contributed by atoms with E-state index in [9.17, 15) is 9.59 Å². The van der Waals surface area contributed by atoms with Gasteiger partial charge in [0.05, 0.1) is 23.4 Å². The summed E-state index contributed by atoms with van der Waals surface area (Å²) in [4.78, 5) is 33.0. The summed E-state index contributed by atoms with van der Waals surface area (Å²) in [5.41, 5.74) is 9.14. The number of benzene rings is 1. The molecule has 1 unspecified atom stereocenters. The van der Waals surface area contributed by atoms with Crippen LogP contribution in [0.3, 0.4) is 0 Å². The van der Waals surface area contributed by atoms with Crippen molar-refractivity contribution in [2.75, 3.05) is 36.5 Å². The highest BCUT2D eigenvalue weighted by atomic mass is 35.5. The van der Waals surface area contributed by atoms with Gasteiger partial charge < -0.3 is 25.4 Å². The summed E-state index contributed by atoms with van der Waals surface area (Å²) < 4.78 is 14.4. The van der Waals surface area contributed by atoms with Crippen molar-refractivity contribution in [3.8, 4) is 0 Å². The Balaban J connectivity index is 1.45. The van der Waals surface area contributed by atoms with Gasteiger partial charge in [-0.15, -0.1) is 5.10 Å². The predicted octanol–water partition coefficient (Wildman–Crippen LogP) is 5.42. The Kier molecular flexibility index (Phi) is 10.5. The lowest BCUT2D eigenvalue weighted by molar-refractivity contribution is 0.0791. The van der Waals surface area contributed by atoms with Crippen LogP contribution < -0.4 is 21.3 Å². The van der Waals surface area contributed by atoms with Gasteiger partial charge >= 0.3 is 6.09 Å². The standard InChI is InChI=1S/C31H44ClN9O4Si/c1-6-7-13-45-31(43)36-28-25(29-34-10-8-11-41(29)38-28)30(42)35-20(2)22-16-24(32)23-18-40(19-44-14-15-46(3,4)5)37-26(23)27(22)39-12-9-21(33)17-39/h8,10-11,16,18,20-21H,6-7,9,12-15,17,19,33H2,1-5H3,(H,35,42)(H,36,38,43)/t20?,21-/m0/s1. The number of fused-ring (bicyclic) bond motifs is 2. The zero-order valence-electron chi connectivity index (χ0n) is 27.2. The molecule has 0 aliphatic carbocycles. The van der Waals surface area contributed by atoms with Gasteiger partial charge in [-0.25, -0.2) is 19.0 Å². The molecule has 4 heterocycles. The molecule has 3 aromatic heterocycles. The minimum absolute atomic E-state index is 0.0195. The highest BCUT2D eigenvalue weighted by Crippen LogP contribution is 2.39. The number of nitrogens with zero attached hydrogens (tertiary/aromatic N) is 6. The van der Waals surface area contributed by atoms with E-state index in [0.29, 0.717) is 30.6 Å². The molecule has 2 atom stereocenters. The number of halogens is 1. The van der Waals surface area contributed by atoms with Gasteiger partial charge in [-0.3, -0.25) is 10.1 Å². The van der Waals surface area contributed by atoms with Gasteiger partial charge in [-0.2, -0.15) is 5.10 Å². The molecule has 0 radical (unpaired) electrons. The fourth-order valence-electron chi connectivity index (χ4n) is 5.42. The lowest BCUT2D eigenvalue weighted by Crippen LogP contribution is -2.31. The first-order chi connectivity index (χ1) is 21.9. The highest BCUT2D eigenvalue weighted by Gasteiger charge is 2.30. The fourth-order valence-corrected chi connectivity index (χ4v) is 6.43. The van der Waals surface area contributed by atoms with Gasteiger partial charge in [0.15, 0.2) is 11.5 Å². The van der Waals surface area contributed by atoms with Crippen LogP contribution in [0.5, 0.6) is 0 Å². The molecule has 4 aromatic rings. The molecule has 0 bridgehead atoms. The van der Waals surface area contributed by atoms with Crippen LogP contribution in [0.2, 0.25) is 30.7 Å². The molecule has 1 aromatic carbocycles. The molecule has 15 heteroatoms. The van der Waals surface area contributed by atoms with E-state index in [1.807, 2.05) is 26.1 Å². The molecule has 1 aliphatic heterocycles. The van der Waals surface area contributed by atoms with Crippen LogP contribution in [0, 0.1) is 0 Å². The van der Waals surface area contributed by atoms with E-state index in [-0.39, 0.29) is 24.0 Å². The first kappa shape index (κ1) is 33.6. The Labute approximate surface area is 274 Å². The van der Waals surface area contributed by atoms with E-state index in [4.69, 9.17) is 31.9 Å².